The summed E-state index contributed by atoms with van der Waals surface area (Å²) in [7, 11) is 0. The molecule has 0 aliphatic carbocycles. The molecule has 1 amide bonds. The van der Waals surface area contributed by atoms with Crippen molar-refractivity contribution in [3.8, 4) is 11.3 Å². The molecule has 0 radical (unpaired) electrons. The zero-order valence-corrected chi connectivity index (χ0v) is 12.5. The fourth-order valence-corrected chi connectivity index (χ4v) is 2.74. The summed E-state index contributed by atoms with van der Waals surface area (Å²) in [6.07, 6.45) is 2.26. The van der Waals surface area contributed by atoms with Crippen molar-refractivity contribution in [2.75, 3.05) is 13.1 Å². The van der Waals surface area contributed by atoms with E-state index in [1.807, 2.05) is 0 Å². The SMILES string of the molecule is O=C(c1cn[nH]c1-c1ccc(F)c(Cl)c1)N1CCC(O)CC1. The molecule has 0 atom stereocenters. The molecule has 1 fully saturated rings. The predicted molar refractivity (Wildman–Crippen MR) is 80.1 cm³/mol. The number of hydrogen-bond acceptors (Lipinski definition) is 3. The van der Waals surface area contributed by atoms with Gasteiger partial charge in [-0.1, -0.05) is 11.6 Å². The highest BCUT2D eigenvalue weighted by Crippen LogP contribution is 2.27. The Labute approximate surface area is 131 Å². The van der Waals surface area contributed by atoms with Gasteiger partial charge in [0.05, 0.1) is 28.6 Å². The first-order chi connectivity index (χ1) is 10.6. The Morgan fingerprint density at radius 2 is 2.14 bits per heavy atom. The minimum absolute atomic E-state index is 0.00778. The topological polar surface area (TPSA) is 69.2 Å². The smallest absolute Gasteiger partial charge is 0.257 e. The zero-order valence-electron chi connectivity index (χ0n) is 11.7. The highest BCUT2D eigenvalue weighted by molar-refractivity contribution is 6.31. The summed E-state index contributed by atoms with van der Waals surface area (Å²) in [5.41, 5.74) is 1.53. The lowest BCUT2D eigenvalue weighted by Crippen LogP contribution is -2.40. The van der Waals surface area contributed by atoms with Gasteiger partial charge in [-0.25, -0.2) is 4.39 Å². The lowest BCUT2D eigenvalue weighted by molar-refractivity contribution is 0.0547. The fourth-order valence-electron chi connectivity index (χ4n) is 2.56. The Kier molecular flexibility index (Phi) is 4.13. The third-order valence-corrected chi connectivity index (χ3v) is 4.12. The van der Waals surface area contributed by atoms with Crippen LogP contribution in [0.4, 0.5) is 4.39 Å². The fraction of sp³-hybridized carbons (Fsp3) is 0.333. The third-order valence-electron chi connectivity index (χ3n) is 3.83. The first kappa shape index (κ1) is 15.0. The molecule has 5 nitrogen and oxygen atoms in total. The summed E-state index contributed by atoms with van der Waals surface area (Å²) in [6.45, 7) is 1.02. The van der Waals surface area contributed by atoms with Crippen LogP contribution in [0.25, 0.3) is 11.3 Å². The van der Waals surface area contributed by atoms with Gasteiger partial charge in [0.2, 0.25) is 0 Å². The van der Waals surface area contributed by atoms with E-state index in [-0.39, 0.29) is 17.0 Å². The quantitative estimate of drug-likeness (QED) is 0.892. The molecule has 0 saturated carbocycles. The molecule has 3 rings (SSSR count). The first-order valence-corrected chi connectivity index (χ1v) is 7.40. The van der Waals surface area contributed by atoms with Crippen LogP contribution in [0.15, 0.2) is 24.4 Å². The molecule has 22 heavy (non-hydrogen) atoms. The van der Waals surface area contributed by atoms with Gasteiger partial charge in [-0.3, -0.25) is 9.89 Å². The molecule has 1 saturated heterocycles. The number of likely N-dealkylation sites (tertiary alicyclic amines) is 1. The van der Waals surface area contributed by atoms with Crippen LogP contribution < -0.4 is 0 Å². The molecule has 0 unspecified atom stereocenters. The molecule has 1 aliphatic heterocycles. The standard InChI is InChI=1S/C15H15ClFN3O2/c16-12-7-9(1-2-13(12)17)14-11(8-18-19-14)15(22)20-5-3-10(21)4-6-20/h1-2,7-8,10,21H,3-6H2,(H,18,19). The zero-order chi connectivity index (χ0) is 15.7. The normalized spacial score (nSPS) is 16.0. The second-order valence-corrected chi connectivity index (χ2v) is 5.72. The number of aliphatic hydroxyl groups is 1. The van der Waals surface area contributed by atoms with Gasteiger partial charge in [0.1, 0.15) is 5.82 Å². The summed E-state index contributed by atoms with van der Waals surface area (Å²) in [5.74, 6) is -0.668. The number of benzene rings is 1. The number of carbonyl (C=O) groups is 1. The first-order valence-electron chi connectivity index (χ1n) is 7.02. The molecule has 0 bridgehead atoms. The van der Waals surface area contributed by atoms with Crippen LogP contribution in [-0.2, 0) is 0 Å². The summed E-state index contributed by atoms with van der Waals surface area (Å²) >= 11 is 5.79. The number of carbonyl (C=O) groups excluding carboxylic acids is 1. The van der Waals surface area contributed by atoms with Crippen LogP contribution in [0.3, 0.4) is 0 Å². The van der Waals surface area contributed by atoms with Gasteiger partial charge in [0, 0.05) is 18.7 Å². The Morgan fingerprint density at radius 1 is 1.41 bits per heavy atom. The number of nitrogens with zero attached hydrogens (tertiary/aromatic N) is 2. The predicted octanol–water partition coefficient (Wildman–Crippen LogP) is 2.47. The van der Waals surface area contributed by atoms with E-state index in [9.17, 15) is 14.3 Å². The van der Waals surface area contributed by atoms with E-state index in [1.165, 1.54) is 18.3 Å². The number of aliphatic hydroxyl groups excluding tert-OH is 1. The lowest BCUT2D eigenvalue weighted by atomic mass is 10.0. The number of aromatic nitrogens is 2. The second-order valence-electron chi connectivity index (χ2n) is 5.31. The minimum Gasteiger partial charge on any atom is -0.393 e. The average Bonchev–Trinajstić information content (AvgIpc) is 2.99. The number of aromatic amines is 1. The molecular formula is C15H15ClFN3O2. The van der Waals surface area contributed by atoms with E-state index in [2.05, 4.69) is 10.2 Å². The molecule has 1 aromatic carbocycles. The third kappa shape index (κ3) is 2.84. The van der Waals surface area contributed by atoms with Crippen LogP contribution in [0.5, 0.6) is 0 Å². The van der Waals surface area contributed by atoms with E-state index in [0.717, 1.165) is 0 Å². The monoisotopic (exact) mass is 323 g/mol. The molecule has 2 N–H and O–H groups in total. The summed E-state index contributed by atoms with van der Waals surface area (Å²) in [6, 6.07) is 4.26. The van der Waals surface area contributed by atoms with Gasteiger partial charge < -0.3 is 10.0 Å². The molecule has 1 aliphatic rings. The van der Waals surface area contributed by atoms with E-state index in [1.54, 1.807) is 11.0 Å². The van der Waals surface area contributed by atoms with Crippen LogP contribution in [0.2, 0.25) is 5.02 Å². The van der Waals surface area contributed by atoms with Gasteiger partial charge >= 0.3 is 0 Å². The van der Waals surface area contributed by atoms with E-state index < -0.39 is 5.82 Å². The number of halogens is 2. The average molecular weight is 324 g/mol. The minimum atomic E-state index is -0.511. The van der Waals surface area contributed by atoms with Crippen LogP contribution in [-0.4, -0.2) is 45.3 Å². The number of amides is 1. The molecular weight excluding hydrogens is 309 g/mol. The number of H-pyrrole nitrogens is 1. The molecule has 116 valence electrons. The van der Waals surface area contributed by atoms with E-state index in [4.69, 9.17) is 11.6 Å². The maximum Gasteiger partial charge on any atom is 0.257 e. The van der Waals surface area contributed by atoms with Gasteiger partial charge in [0.15, 0.2) is 0 Å². The highest BCUT2D eigenvalue weighted by atomic mass is 35.5. The molecule has 0 spiro atoms. The Balaban J connectivity index is 1.88. The maximum atomic E-state index is 13.3. The van der Waals surface area contributed by atoms with Crippen molar-refractivity contribution >= 4 is 17.5 Å². The van der Waals surface area contributed by atoms with E-state index >= 15 is 0 Å². The van der Waals surface area contributed by atoms with Crippen molar-refractivity contribution in [3.05, 3.63) is 40.8 Å². The van der Waals surface area contributed by atoms with Gasteiger partial charge in [-0.15, -0.1) is 0 Å². The van der Waals surface area contributed by atoms with Crippen molar-refractivity contribution in [2.45, 2.75) is 18.9 Å². The largest absolute Gasteiger partial charge is 0.393 e. The van der Waals surface area contributed by atoms with Crippen molar-refractivity contribution in [1.82, 2.24) is 15.1 Å². The van der Waals surface area contributed by atoms with Gasteiger partial charge in [-0.2, -0.15) is 5.10 Å². The van der Waals surface area contributed by atoms with Crippen molar-refractivity contribution in [3.63, 3.8) is 0 Å². The second kappa shape index (κ2) is 6.06. The Bertz CT molecular complexity index is 696. The maximum absolute atomic E-state index is 13.3. The summed E-state index contributed by atoms with van der Waals surface area (Å²) < 4.78 is 13.3. The van der Waals surface area contributed by atoms with Crippen molar-refractivity contribution in [2.24, 2.45) is 0 Å². The number of rotatable bonds is 2. The van der Waals surface area contributed by atoms with E-state index in [0.29, 0.717) is 42.8 Å². The molecule has 2 heterocycles. The Hall–Kier alpha value is -1.92. The molecule has 2 aromatic rings. The van der Waals surface area contributed by atoms with Crippen LogP contribution in [0, 0.1) is 5.82 Å². The van der Waals surface area contributed by atoms with Crippen molar-refractivity contribution < 1.29 is 14.3 Å². The molecule has 7 heteroatoms. The number of piperidine rings is 1. The lowest BCUT2D eigenvalue weighted by Gasteiger charge is -2.29. The number of hydrogen-bond donors (Lipinski definition) is 2. The van der Waals surface area contributed by atoms with Crippen LogP contribution in [0.1, 0.15) is 23.2 Å². The summed E-state index contributed by atoms with van der Waals surface area (Å²) in [5, 5.41) is 16.2. The van der Waals surface area contributed by atoms with Crippen molar-refractivity contribution in [1.29, 1.82) is 0 Å². The highest BCUT2D eigenvalue weighted by Gasteiger charge is 2.25. The van der Waals surface area contributed by atoms with Gasteiger partial charge in [0.25, 0.3) is 5.91 Å². The van der Waals surface area contributed by atoms with Gasteiger partial charge in [-0.05, 0) is 31.0 Å². The summed E-state index contributed by atoms with van der Waals surface area (Å²) in [4.78, 5) is 14.3. The number of nitrogens with one attached hydrogen (secondary N) is 1. The Morgan fingerprint density at radius 3 is 2.82 bits per heavy atom. The molecule has 1 aromatic heterocycles. The van der Waals surface area contributed by atoms with Crippen LogP contribution >= 0.6 is 11.6 Å².